The normalized spacial score (nSPS) is 11.3. The maximum atomic E-state index is 13.5. The number of aryl methyl sites for hydroxylation is 2. The minimum absolute atomic E-state index is 0.100. The molecule has 0 aliphatic carbocycles. The molecule has 0 fully saturated rings. The van der Waals surface area contributed by atoms with Crippen molar-refractivity contribution in [2.24, 2.45) is 0 Å². The van der Waals surface area contributed by atoms with Crippen LogP contribution in [0.25, 0.3) is 5.69 Å². The number of halogens is 1. The lowest BCUT2D eigenvalue weighted by Gasteiger charge is -2.26. The van der Waals surface area contributed by atoms with Crippen LogP contribution in [0, 0.1) is 13.8 Å². The van der Waals surface area contributed by atoms with E-state index in [2.05, 4.69) is 10.3 Å². The highest BCUT2D eigenvalue weighted by Crippen LogP contribution is 2.28. The highest BCUT2D eigenvalue weighted by atomic mass is 35.5. The Bertz CT molecular complexity index is 1450. The van der Waals surface area contributed by atoms with Crippen LogP contribution in [0.4, 0.5) is 5.69 Å². The van der Waals surface area contributed by atoms with Crippen molar-refractivity contribution >= 4 is 33.2 Å². The zero-order chi connectivity index (χ0) is 25.0. The van der Waals surface area contributed by atoms with Crippen molar-refractivity contribution < 1.29 is 13.2 Å². The summed E-state index contributed by atoms with van der Waals surface area (Å²) in [7, 11) is -4.00. The monoisotopic (exact) mass is 508 g/mol. The van der Waals surface area contributed by atoms with Crippen LogP contribution in [-0.4, -0.2) is 30.4 Å². The number of para-hydroxylation sites is 1. The molecule has 0 atom stereocenters. The topological polar surface area (TPSA) is 84.3 Å². The van der Waals surface area contributed by atoms with Crippen LogP contribution >= 0.6 is 11.6 Å². The van der Waals surface area contributed by atoms with Crippen molar-refractivity contribution in [1.29, 1.82) is 0 Å². The molecule has 0 saturated heterocycles. The Morgan fingerprint density at radius 2 is 1.74 bits per heavy atom. The molecular formula is C26H25ClN4O3S. The Morgan fingerprint density at radius 3 is 2.43 bits per heavy atom. The van der Waals surface area contributed by atoms with Gasteiger partial charge in [-0.15, -0.1) is 0 Å². The Kier molecular flexibility index (Phi) is 7.23. The van der Waals surface area contributed by atoms with E-state index in [1.165, 1.54) is 12.1 Å². The number of anilines is 1. The van der Waals surface area contributed by atoms with Gasteiger partial charge in [0.1, 0.15) is 12.4 Å². The Hall–Kier alpha value is -3.62. The number of aromatic nitrogens is 2. The molecule has 0 aliphatic rings. The number of amides is 1. The highest BCUT2D eigenvalue weighted by molar-refractivity contribution is 7.92. The first-order chi connectivity index (χ1) is 16.8. The van der Waals surface area contributed by atoms with Gasteiger partial charge in [0.05, 0.1) is 16.3 Å². The molecule has 0 saturated carbocycles. The number of hydrogen-bond acceptors (Lipinski definition) is 4. The van der Waals surface area contributed by atoms with Crippen LogP contribution in [0.15, 0.2) is 90.1 Å². The summed E-state index contributed by atoms with van der Waals surface area (Å²) in [4.78, 5) is 17.4. The fourth-order valence-corrected chi connectivity index (χ4v) is 5.56. The molecule has 4 aromatic rings. The van der Waals surface area contributed by atoms with E-state index < -0.39 is 15.9 Å². The molecule has 0 spiro atoms. The lowest BCUT2D eigenvalue weighted by molar-refractivity contribution is -0.119. The van der Waals surface area contributed by atoms with E-state index in [-0.39, 0.29) is 18.0 Å². The van der Waals surface area contributed by atoms with Crippen LogP contribution in [0.5, 0.6) is 0 Å². The zero-order valence-corrected chi connectivity index (χ0v) is 20.9. The number of imidazole rings is 1. The summed E-state index contributed by atoms with van der Waals surface area (Å²) in [6, 6.07) is 20.6. The van der Waals surface area contributed by atoms with Crippen molar-refractivity contribution in [3.8, 4) is 5.69 Å². The summed E-state index contributed by atoms with van der Waals surface area (Å²) >= 11 is 6.09. The van der Waals surface area contributed by atoms with Crippen molar-refractivity contribution in [3.63, 3.8) is 0 Å². The van der Waals surface area contributed by atoms with Crippen molar-refractivity contribution in [3.05, 3.63) is 107 Å². The smallest absolute Gasteiger partial charge is 0.264 e. The van der Waals surface area contributed by atoms with Gasteiger partial charge >= 0.3 is 0 Å². The predicted molar refractivity (Wildman–Crippen MR) is 137 cm³/mol. The second-order valence-electron chi connectivity index (χ2n) is 8.01. The van der Waals surface area contributed by atoms with E-state index in [9.17, 15) is 13.2 Å². The summed E-state index contributed by atoms with van der Waals surface area (Å²) in [6.07, 6.45) is 3.57. The van der Waals surface area contributed by atoms with Crippen LogP contribution in [0.2, 0.25) is 5.02 Å². The van der Waals surface area contributed by atoms with E-state index in [1.807, 2.05) is 42.0 Å². The average molecular weight is 509 g/mol. The maximum absolute atomic E-state index is 13.5. The van der Waals surface area contributed by atoms with Gasteiger partial charge in [0, 0.05) is 24.0 Å². The summed E-state index contributed by atoms with van der Waals surface area (Å²) in [6.45, 7) is 3.50. The summed E-state index contributed by atoms with van der Waals surface area (Å²) in [5.74, 6) is 0.387. The number of carbonyl (C=O) groups excluding carboxylic acids is 1. The molecule has 0 unspecified atom stereocenters. The lowest BCUT2D eigenvalue weighted by Crippen LogP contribution is -2.41. The largest absolute Gasteiger partial charge is 0.350 e. The fraction of sp³-hybridized carbons (Fsp3) is 0.154. The van der Waals surface area contributed by atoms with E-state index in [1.54, 1.807) is 49.5 Å². The lowest BCUT2D eigenvalue weighted by atomic mass is 10.1. The number of benzene rings is 3. The molecular weight excluding hydrogens is 484 g/mol. The molecule has 1 amide bonds. The Morgan fingerprint density at radius 1 is 1.03 bits per heavy atom. The minimum Gasteiger partial charge on any atom is -0.350 e. The number of sulfonamides is 1. The van der Waals surface area contributed by atoms with Crippen LogP contribution in [0.3, 0.4) is 0 Å². The first-order valence-electron chi connectivity index (χ1n) is 11.0. The van der Waals surface area contributed by atoms with Gasteiger partial charge < -0.3 is 9.88 Å². The van der Waals surface area contributed by atoms with Gasteiger partial charge in [0.2, 0.25) is 5.91 Å². The SMILES string of the molecule is Cc1cc(Cl)ccc1N(CC(=O)NCc1ccccc1-n1ccnc1C)S(=O)(=O)c1ccccc1. The standard InChI is InChI=1S/C26H25ClN4O3S/c1-19-16-22(27)12-13-24(19)31(35(33,34)23-9-4-3-5-10-23)18-26(32)29-17-21-8-6-7-11-25(21)30-15-14-28-20(30)2/h3-16H,17-18H2,1-2H3,(H,29,32). The number of rotatable bonds is 8. The molecule has 180 valence electrons. The van der Waals surface area contributed by atoms with Gasteiger partial charge in [-0.05, 0) is 61.4 Å². The van der Waals surface area contributed by atoms with Crippen LogP contribution in [0.1, 0.15) is 17.0 Å². The molecule has 1 heterocycles. The molecule has 1 N–H and O–H groups in total. The predicted octanol–water partition coefficient (Wildman–Crippen LogP) is 4.65. The summed E-state index contributed by atoms with van der Waals surface area (Å²) in [5, 5.41) is 3.36. The van der Waals surface area contributed by atoms with Gasteiger partial charge in [-0.3, -0.25) is 9.10 Å². The first kappa shape index (κ1) is 24.5. The molecule has 9 heteroatoms. The molecule has 0 radical (unpaired) electrons. The summed E-state index contributed by atoms with van der Waals surface area (Å²) in [5.41, 5.74) is 2.81. The Balaban J connectivity index is 1.60. The third-order valence-corrected chi connectivity index (χ3v) is 7.61. The van der Waals surface area contributed by atoms with E-state index in [0.717, 1.165) is 21.4 Å². The van der Waals surface area contributed by atoms with Crippen molar-refractivity contribution in [2.45, 2.75) is 25.3 Å². The van der Waals surface area contributed by atoms with E-state index >= 15 is 0 Å². The van der Waals surface area contributed by atoms with Gasteiger partial charge in [0.25, 0.3) is 10.0 Å². The zero-order valence-electron chi connectivity index (χ0n) is 19.3. The molecule has 4 rings (SSSR count). The molecule has 7 nitrogen and oxygen atoms in total. The van der Waals surface area contributed by atoms with Crippen molar-refractivity contribution in [2.75, 3.05) is 10.8 Å². The molecule has 0 aliphatic heterocycles. The van der Waals surface area contributed by atoms with Crippen LogP contribution in [-0.2, 0) is 21.4 Å². The number of nitrogens with zero attached hydrogens (tertiary/aromatic N) is 3. The minimum atomic E-state index is -4.00. The molecule has 1 aromatic heterocycles. The molecule has 35 heavy (non-hydrogen) atoms. The Labute approximate surface area is 210 Å². The summed E-state index contributed by atoms with van der Waals surface area (Å²) < 4.78 is 30.1. The molecule has 3 aromatic carbocycles. The second kappa shape index (κ2) is 10.3. The van der Waals surface area contributed by atoms with Crippen LogP contribution < -0.4 is 9.62 Å². The van der Waals surface area contributed by atoms with E-state index in [4.69, 9.17) is 11.6 Å². The van der Waals surface area contributed by atoms with Gasteiger partial charge in [-0.2, -0.15) is 0 Å². The van der Waals surface area contributed by atoms with Crippen molar-refractivity contribution in [1.82, 2.24) is 14.9 Å². The number of carbonyl (C=O) groups is 1. The first-order valence-corrected chi connectivity index (χ1v) is 12.8. The molecule has 0 bridgehead atoms. The van der Waals surface area contributed by atoms with Gasteiger partial charge in [-0.1, -0.05) is 48.0 Å². The van der Waals surface area contributed by atoms with Gasteiger partial charge in [0.15, 0.2) is 0 Å². The average Bonchev–Trinajstić information content (AvgIpc) is 3.28. The fourth-order valence-electron chi connectivity index (χ4n) is 3.83. The van der Waals surface area contributed by atoms with Gasteiger partial charge in [-0.25, -0.2) is 13.4 Å². The second-order valence-corrected chi connectivity index (χ2v) is 10.3. The maximum Gasteiger partial charge on any atom is 0.264 e. The van der Waals surface area contributed by atoms with E-state index in [0.29, 0.717) is 16.3 Å². The highest BCUT2D eigenvalue weighted by Gasteiger charge is 2.28. The third-order valence-electron chi connectivity index (χ3n) is 5.60. The number of nitrogens with one attached hydrogen (secondary N) is 1. The number of hydrogen-bond donors (Lipinski definition) is 1. The quantitative estimate of drug-likeness (QED) is 0.375. The third kappa shape index (κ3) is 5.39.